The highest BCUT2D eigenvalue weighted by molar-refractivity contribution is 5.95. The molecule has 2 aromatic carbocycles. The molecule has 0 unspecified atom stereocenters. The Morgan fingerprint density at radius 1 is 1.14 bits per heavy atom. The van der Waals surface area contributed by atoms with Crippen molar-refractivity contribution in [1.82, 2.24) is 0 Å². The SMILES string of the molecule is COc1ccc(F)c(N2CC(COc3ccc(N4N=C(C(F)(F)F)[C@@H](C)[C@@H]4CC(=O)O)cc3)C2)c1. The summed E-state index contributed by atoms with van der Waals surface area (Å²) >= 11 is 0. The molecule has 2 atom stereocenters. The molecule has 35 heavy (non-hydrogen) atoms. The Balaban J connectivity index is 1.36. The van der Waals surface area contributed by atoms with Crippen molar-refractivity contribution < 1.29 is 36.9 Å². The fourth-order valence-corrected chi connectivity index (χ4v) is 4.32. The predicted molar refractivity (Wildman–Crippen MR) is 122 cm³/mol. The maximum absolute atomic E-state index is 14.1. The van der Waals surface area contributed by atoms with Crippen molar-refractivity contribution in [3.8, 4) is 11.5 Å². The van der Waals surface area contributed by atoms with Crippen LogP contribution in [-0.2, 0) is 4.79 Å². The molecule has 0 aliphatic carbocycles. The van der Waals surface area contributed by atoms with Crippen molar-refractivity contribution in [2.24, 2.45) is 16.9 Å². The Labute approximate surface area is 199 Å². The Kier molecular flexibility index (Phi) is 6.77. The van der Waals surface area contributed by atoms with Gasteiger partial charge in [-0.15, -0.1) is 0 Å². The lowest BCUT2D eigenvalue weighted by Crippen LogP contribution is -2.49. The number of ether oxygens (including phenoxy) is 2. The lowest BCUT2D eigenvalue weighted by molar-refractivity contribution is -0.137. The van der Waals surface area contributed by atoms with Crippen molar-refractivity contribution in [1.29, 1.82) is 0 Å². The number of nitrogens with zero attached hydrogens (tertiary/aromatic N) is 3. The Morgan fingerprint density at radius 2 is 1.80 bits per heavy atom. The normalized spacial score (nSPS) is 20.5. The van der Waals surface area contributed by atoms with Crippen molar-refractivity contribution in [2.45, 2.75) is 25.6 Å². The smallest absolute Gasteiger partial charge is 0.431 e. The minimum atomic E-state index is -4.64. The molecule has 1 fully saturated rings. The van der Waals surface area contributed by atoms with E-state index in [1.165, 1.54) is 20.1 Å². The summed E-state index contributed by atoms with van der Waals surface area (Å²) in [6.45, 7) is 2.94. The maximum atomic E-state index is 14.1. The molecule has 0 amide bonds. The van der Waals surface area contributed by atoms with Crippen molar-refractivity contribution in [3.63, 3.8) is 0 Å². The van der Waals surface area contributed by atoms with Gasteiger partial charge in [0.1, 0.15) is 23.0 Å². The molecule has 2 aromatic rings. The van der Waals surface area contributed by atoms with E-state index in [2.05, 4.69) is 5.10 Å². The van der Waals surface area contributed by atoms with Gasteiger partial charge in [-0.25, -0.2) is 4.39 Å². The monoisotopic (exact) mass is 495 g/mol. The Morgan fingerprint density at radius 3 is 2.40 bits per heavy atom. The van der Waals surface area contributed by atoms with Crippen LogP contribution in [-0.4, -0.2) is 55.8 Å². The lowest BCUT2D eigenvalue weighted by atomic mass is 9.94. The van der Waals surface area contributed by atoms with Crippen LogP contribution in [0.1, 0.15) is 13.3 Å². The van der Waals surface area contributed by atoms with Crippen LogP contribution < -0.4 is 19.4 Å². The first-order valence-corrected chi connectivity index (χ1v) is 11.0. The number of carbonyl (C=O) groups is 1. The van der Waals surface area contributed by atoms with Crippen LogP contribution in [0, 0.1) is 17.7 Å². The third-order valence-electron chi connectivity index (χ3n) is 6.25. The van der Waals surface area contributed by atoms with Gasteiger partial charge >= 0.3 is 12.1 Å². The van der Waals surface area contributed by atoms with Crippen molar-refractivity contribution >= 4 is 23.1 Å². The van der Waals surface area contributed by atoms with Crippen molar-refractivity contribution in [2.75, 3.05) is 36.7 Å². The molecule has 0 bridgehead atoms. The second kappa shape index (κ2) is 9.63. The number of carboxylic acids is 1. The highest BCUT2D eigenvalue weighted by Crippen LogP contribution is 2.37. The summed E-state index contributed by atoms with van der Waals surface area (Å²) in [6, 6.07) is 9.95. The quantitative estimate of drug-likeness (QED) is 0.541. The number of halogens is 4. The van der Waals surface area contributed by atoms with Gasteiger partial charge in [0, 0.05) is 31.0 Å². The van der Waals surface area contributed by atoms with Crippen LogP contribution in [0.5, 0.6) is 11.5 Å². The third-order valence-corrected chi connectivity index (χ3v) is 6.25. The number of carboxylic acid groups (broad SMARTS) is 1. The number of rotatable bonds is 8. The summed E-state index contributed by atoms with van der Waals surface area (Å²) < 4.78 is 65.0. The van der Waals surface area contributed by atoms with E-state index in [9.17, 15) is 22.4 Å². The summed E-state index contributed by atoms with van der Waals surface area (Å²) in [5, 5.41) is 14.0. The first-order valence-electron chi connectivity index (χ1n) is 11.0. The van der Waals surface area contributed by atoms with Crippen LogP contribution in [0.2, 0.25) is 0 Å². The van der Waals surface area contributed by atoms with Crippen LogP contribution in [0.4, 0.5) is 28.9 Å². The molecule has 1 saturated heterocycles. The minimum absolute atomic E-state index is 0.179. The summed E-state index contributed by atoms with van der Waals surface area (Å²) in [5.74, 6) is -1.34. The van der Waals surface area contributed by atoms with E-state index in [0.29, 0.717) is 42.6 Å². The topological polar surface area (TPSA) is 74.6 Å². The summed E-state index contributed by atoms with van der Waals surface area (Å²) in [7, 11) is 1.52. The average molecular weight is 495 g/mol. The summed E-state index contributed by atoms with van der Waals surface area (Å²) in [6.07, 6.45) is -5.12. The van der Waals surface area contributed by atoms with E-state index in [4.69, 9.17) is 14.6 Å². The minimum Gasteiger partial charge on any atom is -0.497 e. The van der Waals surface area contributed by atoms with Gasteiger partial charge in [0.25, 0.3) is 0 Å². The summed E-state index contributed by atoms with van der Waals surface area (Å²) in [5.41, 5.74) is -0.177. The second-order valence-corrected chi connectivity index (χ2v) is 8.67. The number of methoxy groups -OCH3 is 1. The fourth-order valence-electron chi connectivity index (χ4n) is 4.32. The molecule has 11 heteroatoms. The number of alkyl halides is 3. The third kappa shape index (κ3) is 5.28. The predicted octanol–water partition coefficient (Wildman–Crippen LogP) is 4.57. The van der Waals surface area contributed by atoms with Gasteiger partial charge < -0.3 is 19.5 Å². The molecule has 0 aromatic heterocycles. The van der Waals surface area contributed by atoms with Gasteiger partial charge in [-0.05, 0) is 36.4 Å². The number of hydrazone groups is 1. The maximum Gasteiger partial charge on any atom is 0.431 e. The average Bonchev–Trinajstić information content (AvgIpc) is 3.10. The van der Waals surface area contributed by atoms with Gasteiger partial charge in [0.05, 0.1) is 37.6 Å². The molecule has 0 spiro atoms. The van der Waals surface area contributed by atoms with Gasteiger partial charge in [0.2, 0.25) is 0 Å². The van der Waals surface area contributed by atoms with Crippen LogP contribution in [0.3, 0.4) is 0 Å². The molecule has 1 N–H and O–H groups in total. The second-order valence-electron chi connectivity index (χ2n) is 8.67. The first-order chi connectivity index (χ1) is 16.6. The van der Waals surface area contributed by atoms with Gasteiger partial charge in [-0.1, -0.05) is 6.92 Å². The van der Waals surface area contributed by atoms with Crippen LogP contribution >= 0.6 is 0 Å². The molecule has 2 aliphatic rings. The number of benzene rings is 2. The molecule has 2 heterocycles. The van der Waals surface area contributed by atoms with Crippen LogP contribution in [0.25, 0.3) is 0 Å². The Hall–Kier alpha value is -3.50. The molecular formula is C24H25F4N3O4. The van der Waals surface area contributed by atoms with Crippen LogP contribution in [0.15, 0.2) is 47.6 Å². The summed E-state index contributed by atoms with van der Waals surface area (Å²) in [4.78, 5) is 13.1. The van der Waals surface area contributed by atoms with Crippen molar-refractivity contribution in [3.05, 3.63) is 48.3 Å². The van der Waals surface area contributed by atoms with Gasteiger partial charge in [-0.3, -0.25) is 9.80 Å². The zero-order valence-electron chi connectivity index (χ0n) is 19.1. The number of aliphatic carboxylic acids is 1. The molecular weight excluding hydrogens is 470 g/mol. The molecule has 0 radical (unpaired) electrons. The van der Waals surface area contributed by atoms with E-state index < -0.39 is 36.2 Å². The highest BCUT2D eigenvalue weighted by Gasteiger charge is 2.48. The molecule has 2 aliphatic heterocycles. The van der Waals surface area contributed by atoms with E-state index in [-0.39, 0.29) is 11.7 Å². The number of hydrogen-bond donors (Lipinski definition) is 1. The van der Waals surface area contributed by atoms with Gasteiger partial charge in [-0.2, -0.15) is 18.3 Å². The standard InChI is InChI=1S/C24H25F4N3O4/c1-14-20(10-22(32)33)31(29-23(14)24(26,27)28)16-3-5-17(6-4-16)35-13-15-11-30(12-15)21-9-18(34-2)7-8-19(21)25/h3-9,14-15,20H,10-13H2,1-2H3,(H,32,33)/t14-,20-/m0/s1. The van der Waals surface area contributed by atoms with Gasteiger partial charge in [0.15, 0.2) is 0 Å². The fraction of sp³-hybridized carbons (Fsp3) is 0.417. The molecule has 0 saturated carbocycles. The number of hydrogen-bond acceptors (Lipinski definition) is 6. The zero-order chi connectivity index (χ0) is 25.3. The van der Waals surface area contributed by atoms with E-state index in [0.717, 1.165) is 5.01 Å². The molecule has 7 nitrogen and oxygen atoms in total. The highest BCUT2D eigenvalue weighted by atomic mass is 19.4. The molecule has 188 valence electrons. The first kappa shape index (κ1) is 24.6. The largest absolute Gasteiger partial charge is 0.497 e. The van der Waals surface area contributed by atoms with E-state index in [1.54, 1.807) is 36.4 Å². The van der Waals surface area contributed by atoms with E-state index in [1.807, 2.05) is 4.90 Å². The Bertz CT molecular complexity index is 1100. The lowest BCUT2D eigenvalue weighted by Gasteiger charge is -2.41. The number of anilines is 2. The molecule has 4 rings (SSSR count). The van der Waals surface area contributed by atoms with E-state index >= 15 is 0 Å². The zero-order valence-corrected chi connectivity index (χ0v) is 19.1.